The molecular weight excluding hydrogens is 238 g/mol. The van der Waals surface area contributed by atoms with E-state index in [1.54, 1.807) is 0 Å². The second kappa shape index (κ2) is 4.35. The molecule has 0 bridgehead atoms. The minimum absolute atomic E-state index is 0.247. The van der Waals surface area contributed by atoms with Crippen molar-refractivity contribution in [1.29, 1.82) is 0 Å². The van der Waals surface area contributed by atoms with Gasteiger partial charge in [0.2, 0.25) is 0 Å². The van der Waals surface area contributed by atoms with Crippen molar-refractivity contribution < 1.29 is 4.92 Å². The Morgan fingerprint density at radius 2 is 1.37 bits per heavy atom. The second-order valence-electron chi connectivity index (χ2n) is 4.53. The van der Waals surface area contributed by atoms with Gasteiger partial charge >= 0.3 is 0 Å². The Hall–Kier alpha value is -2.42. The summed E-state index contributed by atoms with van der Waals surface area (Å²) in [6, 6.07) is 15.4. The van der Waals surface area contributed by atoms with E-state index in [4.69, 9.17) is 0 Å². The number of benzene rings is 3. The van der Waals surface area contributed by atoms with Gasteiger partial charge in [-0.05, 0) is 28.6 Å². The first kappa shape index (κ1) is 11.7. The van der Waals surface area contributed by atoms with Crippen LogP contribution in [0.2, 0.25) is 0 Å². The predicted molar refractivity (Wildman–Crippen MR) is 77.5 cm³/mol. The molecule has 0 heterocycles. The first-order valence-corrected chi connectivity index (χ1v) is 6.30. The predicted octanol–water partition coefficient (Wildman–Crippen LogP) is 4.46. The molecule has 0 saturated heterocycles. The summed E-state index contributed by atoms with van der Waals surface area (Å²) in [5.41, 5.74) is 1.07. The fourth-order valence-corrected chi connectivity index (χ4v) is 2.76. The zero-order chi connectivity index (χ0) is 13.4. The van der Waals surface area contributed by atoms with Gasteiger partial charge in [-0.2, -0.15) is 0 Å². The molecule has 0 atom stereocenters. The van der Waals surface area contributed by atoms with Crippen molar-refractivity contribution >= 4 is 27.2 Å². The first-order chi connectivity index (χ1) is 9.24. The largest absolute Gasteiger partial charge is 0.280 e. The Kier molecular flexibility index (Phi) is 2.67. The minimum atomic E-state index is -0.256. The molecule has 3 aromatic rings. The normalized spacial score (nSPS) is 11.0. The van der Waals surface area contributed by atoms with Crippen molar-refractivity contribution in [2.45, 2.75) is 13.3 Å². The summed E-state index contributed by atoms with van der Waals surface area (Å²) < 4.78 is 0. The summed E-state index contributed by atoms with van der Waals surface area (Å²) in [4.78, 5) is 11.2. The summed E-state index contributed by atoms with van der Waals surface area (Å²) in [6.45, 7) is 1.96. The van der Waals surface area contributed by atoms with Crippen LogP contribution in [-0.4, -0.2) is 4.92 Å². The Bertz CT molecular complexity index is 793. The number of hydrogen-bond acceptors (Lipinski definition) is 2. The maximum Gasteiger partial charge on any atom is 0.280 e. The van der Waals surface area contributed by atoms with Gasteiger partial charge in [0.1, 0.15) is 0 Å². The van der Waals surface area contributed by atoms with E-state index in [1.165, 1.54) is 0 Å². The summed E-state index contributed by atoms with van der Waals surface area (Å²) in [5.74, 6) is 0. The third-order valence-electron chi connectivity index (χ3n) is 3.55. The van der Waals surface area contributed by atoms with Crippen LogP contribution in [0.15, 0.2) is 48.5 Å². The second-order valence-corrected chi connectivity index (χ2v) is 4.53. The number of nitrogens with zero attached hydrogens (tertiary/aromatic N) is 1. The van der Waals surface area contributed by atoms with Crippen molar-refractivity contribution in [1.82, 2.24) is 0 Å². The highest BCUT2D eigenvalue weighted by atomic mass is 16.6. The molecule has 0 amide bonds. The maximum atomic E-state index is 11.4. The van der Waals surface area contributed by atoms with Crippen LogP contribution in [0.1, 0.15) is 12.5 Å². The van der Waals surface area contributed by atoms with Gasteiger partial charge in [0.25, 0.3) is 5.69 Å². The quantitative estimate of drug-likeness (QED) is 0.383. The Morgan fingerprint density at radius 3 is 1.89 bits per heavy atom. The van der Waals surface area contributed by atoms with Crippen molar-refractivity contribution in [3.63, 3.8) is 0 Å². The lowest BCUT2D eigenvalue weighted by Crippen LogP contribution is -1.97. The van der Waals surface area contributed by atoms with E-state index >= 15 is 0 Å². The van der Waals surface area contributed by atoms with Crippen LogP contribution in [0.25, 0.3) is 21.5 Å². The van der Waals surface area contributed by atoms with Crippen molar-refractivity contribution in [3.8, 4) is 0 Å². The molecule has 3 rings (SSSR count). The van der Waals surface area contributed by atoms with Gasteiger partial charge < -0.3 is 0 Å². The topological polar surface area (TPSA) is 43.1 Å². The van der Waals surface area contributed by atoms with Gasteiger partial charge in [-0.1, -0.05) is 49.4 Å². The average Bonchev–Trinajstić information content (AvgIpc) is 2.45. The van der Waals surface area contributed by atoms with Gasteiger partial charge in [-0.3, -0.25) is 10.1 Å². The van der Waals surface area contributed by atoms with Crippen molar-refractivity contribution in [2.75, 3.05) is 0 Å². The lowest BCUT2D eigenvalue weighted by atomic mass is 9.94. The van der Waals surface area contributed by atoms with Crippen molar-refractivity contribution in [2.24, 2.45) is 0 Å². The van der Waals surface area contributed by atoms with E-state index in [1.807, 2.05) is 55.5 Å². The van der Waals surface area contributed by atoms with Gasteiger partial charge in [-0.15, -0.1) is 0 Å². The van der Waals surface area contributed by atoms with Crippen LogP contribution in [0.3, 0.4) is 0 Å². The number of nitro benzene ring substituents is 1. The van der Waals surface area contributed by atoms with Crippen molar-refractivity contribution in [3.05, 3.63) is 64.2 Å². The molecule has 94 valence electrons. The molecule has 0 aliphatic rings. The lowest BCUT2D eigenvalue weighted by molar-refractivity contribution is -0.383. The Labute approximate surface area is 110 Å². The van der Waals surface area contributed by atoms with Gasteiger partial charge in [0.05, 0.1) is 10.3 Å². The van der Waals surface area contributed by atoms with Crippen LogP contribution in [0.5, 0.6) is 0 Å². The first-order valence-electron chi connectivity index (χ1n) is 6.30. The number of aryl methyl sites for hydroxylation is 1. The van der Waals surface area contributed by atoms with E-state index in [0.717, 1.165) is 27.1 Å². The summed E-state index contributed by atoms with van der Waals surface area (Å²) in [7, 11) is 0. The zero-order valence-electron chi connectivity index (χ0n) is 10.6. The Morgan fingerprint density at radius 1 is 0.895 bits per heavy atom. The van der Waals surface area contributed by atoms with Crippen LogP contribution >= 0.6 is 0 Å². The molecule has 19 heavy (non-hydrogen) atoms. The van der Waals surface area contributed by atoms with E-state index in [2.05, 4.69) is 0 Å². The molecular formula is C16H13NO2. The smallest absolute Gasteiger partial charge is 0.258 e. The van der Waals surface area contributed by atoms with E-state index in [-0.39, 0.29) is 10.6 Å². The van der Waals surface area contributed by atoms with E-state index < -0.39 is 0 Å². The summed E-state index contributed by atoms with van der Waals surface area (Å²) in [6.07, 6.45) is 0.654. The van der Waals surface area contributed by atoms with Crippen LogP contribution in [-0.2, 0) is 6.42 Å². The molecule has 3 heteroatoms. The lowest BCUT2D eigenvalue weighted by Gasteiger charge is -2.10. The van der Waals surface area contributed by atoms with E-state index in [9.17, 15) is 10.1 Å². The van der Waals surface area contributed by atoms with Crippen LogP contribution in [0.4, 0.5) is 5.69 Å². The standard InChI is InChI=1S/C16H13NO2/c1-2-11-12-7-3-4-8-13(12)14-9-5-6-10-15(14)16(11)17(18)19/h3-10H,2H2,1H3. The zero-order valence-corrected chi connectivity index (χ0v) is 10.6. The SMILES string of the molecule is CCc1c([N+](=O)[O-])c2ccccc2c2ccccc12. The highest BCUT2D eigenvalue weighted by molar-refractivity contribution is 6.13. The minimum Gasteiger partial charge on any atom is -0.258 e. The highest BCUT2D eigenvalue weighted by Crippen LogP contribution is 2.37. The number of nitro groups is 1. The average molecular weight is 251 g/mol. The maximum absolute atomic E-state index is 11.4. The number of rotatable bonds is 2. The fraction of sp³-hybridized carbons (Fsp3) is 0.125. The molecule has 0 saturated carbocycles. The Balaban J connectivity index is 2.65. The molecule has 0 N–H and O–H groups in total. The molecule has 0 aromatic heterocycles. The summed E-state index contributed by atoms with van der Waals surface area (Å²) in [5, 5.41) is 15.2. The summed E-state index contributed by atoms with van der Waals surface area (Å²) >= 11 is 0. The molecule has 0 unspecified atom stereocenters. The van der Waals surface area contributed by atoms with Crippen LogP contribution < -0.4 is 0 Å². The van der Waals surface area contributed by atoms with E-state index in [0.29, 0.717) is 6.42 Å². The molecule has 0 fully saturated rings. The van der Waals surface area contributed by atoms with Gasteiger partial charge in [-0.25, -0.2) is 0 Å². The molecule has 0 aliphatic carbocycles. The molecule has 3 aromatic carbocycles. The third kappa shape index (κ3) is 1.66. The molecule has 0 spiro atoms. The van der Waals surface area contributed by atoms with Gasteiger partial charge in [0, 0.05) is 5.56 Å². The third-order valence-corrected chi connectivity index (χ3v) is 3.55. The highest BCUT2D eigenvalue weighted by Gasteiger charge is 2.20. The monoisotopic (exact) mass is 251 g/mol. The van der Waals surface area contributed by atoms with Gasteiger partial charge in [0.15, 0.2) is 0 Å². The molecule has 0 radical (unpaired) electrons. The van der Waals surface area contributed by atoms with Crippen LogP contribution in [0, 0.1) is 10.1 Å². The molecule has 3 nitrogen and oxygen atoms in total. The fourth-order valence-electron chi connectivity index (χ4n) is 2.76. The molecule has 0 aliphatic heterocycles. The number of fused-ring (bicyclic) bond motifs is 3. The number of hydrogen-bond donors (Lipinski definition) is 0.